The molecule has 0 saturated carbocycles. The third-order valence-corrected chi connectivity index (χ3v) is 6.78. The molecule has 0 aliphatic heterocycles. The lowest BCUT2D eigenvalue weighted by Crippen LogP contribution is -2.28. The first-order chi connectivity index (χ1) is 13.6. The first-order valence-electron chi connectivity index (χ1n) is 8.57. The summed E-state index contributed by atoms with van der Waals surface area (Å²) in [6.07, 6.45) is 1.31. The molecule has 0 unspecified atom stereocenters. The van der Waals surface area contributed by atoms with Gasteiger partial charge in [0.2, 0.25) is 15.9 Å². The Kier molecular flexibility index (Phi) is 5.87. The zero-order valence-electron chi connectivity index (χ0n) is 16.0. The van der Waals surface area contributed by atoms with Gasteiger partial charge in [-0.1, -0.05) is 22.0 Å². The molecule has 2 aromatic carbocycles. The lowest BCUT2D eigenvalue weighted by Gasteiger charge is -2.15. The Morgan fingerprint density at radius 1 is 1.21 bits per heavy atom. The zero-order valence-corrected chi connectivity index (χ0v) is 18.4. The lowest BCUT2D eigenvalue weighted by molar-refractivity contribution is -0.116. The highest BCUT2D eigenvalue weighted by molar-refractivity contribution is 9.10. The van der Waals surface area contributed by atoms with E-state index >= 15 is 0 Å². The monoisotopic (exact) mass is 478 g/mol. The maximum atomic E-state index is 12.6. The molecule has 0 radical (unpaired) electrons. The van der Waals surface area contributed by atoms with Crippen LogP contribution in [-0.4, -0.2) is 42.3 Å². The largest absolute Gasteiger partial charge is 0.324 e. The van der Waals surface area contributed by atoms with Gasteiger partial charge in [-0.3, -0.25) is 14.2 Å². The molecule has 29 heavy (non-hydrogen) atoms. The molecule has 1 heterocycles. The van der Waals surface area contributed by atoms with E-state index in [1.807, 2.05) is 0 Å². The normalized spacial score (nSPS) is 11.8. The summed E-state index contributed by atoms with van der Waals surface area (Å²) in [6, 6.07) is 9.78. The second kappa shape index (κ2) is 8.05. The first-order valence-corrected chi connectivity index (χ1v) is 10.8. The Morgan fingerprint density at radius 3 is 2.62 bits per heavy atom. The summed E-state index contributed by atoms with van der Waals surface area (Å²) in [5.74, 6) is -0.472. The summed E-state index contributed by atoms with van der Waals surface area (Å²) in [6.45, 7) is 1.43. The minimum Gasteiger partial charge on any atom is -0.324 e. The predicted octanol–water partition coefficient (Wildman–Crippen LogP) is 2.36. The van der Waals surface area contributed by atoms with Crippen LogP contribution in [0.15, 0.2) is 56.9 Å². The molecule has 0 aliphatic rings. The van der Waals surface area contributed by atoms with E-state index in [9.17, 15) is 18.0 Å². The van der Waals surface area contributed by atoms with E-state index in [0.29, 0.717) is 22.2 Å². The maximum Gasteiger partial charge on any atom is 0.261 e. The number of carbonyl (C=O) groups is 1. The van der Waals surface area contributed by atoms with E-state index < -0.39 is 15.9 Å². The third kappa shape index (κ3) is 4.39. The Labute approximate surface area is 176 Å². The Morgan fingerprint density at radius 2 is 1.93 bits per heavy atom. The van der Waals surface area contributed by atoms with Gasteiger partial charge in [-0.05, 0) is 42.8 Å². The summed E-state index contributed by atoms with van der Waals surface area (Å²) >= 11 is 3.32. The Bertz CT molecular complexity index is 1270. The minimum absolute atomic E-state index is 0.106. The number of hydrogen-bond acceptors (Lipinski definition) is 5. The fourth-order valence-electron chi connectivity index (χ4n) is 2.75. The van der Waals surface area contributed by atoms with Gasteiger partial charge in [-0.15, -0.1) is 0 Å². The number of halogens is 1. The molecule has 0 atom stereocenters. The van der Waals surface area contributed by atoms with Crippen molar-refractivity contribution in [3.63, 3.8) is 0 Å². The molecule has 0 fully saturated rings. The smallest absolute Gasteiger partial charge is 0.261 e. The number of hydrogen-bond donors (Lipinski definition) is 1. The van der Waals surface area contributed by atoms with Gasteiger partial charge in [0, 0.05) is 24.3 Å². The molecule has 0 bridgehead atoms. The molecule has 10 heteroatoms. The van der Waals surface area contributed by atoms with Crippen molar-refractivity contribution in [3.05, 3.63) is 63.1 Å². The zero-order chi connectivity index (χ0) is 21.3. The van der Waals surface area contributed by atoms with Crippen molar-refractivity contribution in [2.24, 2.45) is 0 Å². The topological polar surface area (TPSA) is 101 Å². The summed E-state index contributed by atoms with van der Waals surface area (Å²) in [4.78, 5) is 29.4. The molecule has 3 aromatic rings. The van der Waals surface area contributed by atoms with E-state index in [1.165, 1.54) is 31.1 Å². The van der Waals surface area contributed by atoms with Gasteiger partial charge in [0.25, 0.3) is 5.56 Å². The summed E-state index contributed by atoms with van der Waals surface area (Å²) in [5, 5.41) is 3.03. The number of aryl methyl sites for hydroxylation is 1. The maximum absolute atomic E-state index is 12.6. The van der Waals surface area contributed by atoms with E-state index in [2.05, 4.69) is 26.2 Å². The van der Waals surface area contributed by atoms with E-state index in [4.69, 9.17) is 0 Å². The molecule has 1 amide bonds. The number of carbonyl (C=O) groups excluding carboxylic acids is 1. The van der Waals surface area contributed by atoms with Crippen molar-refractivity contribution in [2.45, 2.75) is 18.4 Å². The third-order valence-electron chi connectivity index (χ3n) is 4.33. The minimum atomic E-state index is -3.65. The lowest BCUT2D eigenvalue weighted by atomic mass is 10.2. The molecule has 0 spiro atoms. The van der Waals surface area contributed by atoms with Crippen molar-refractivity contribution in [3.8, 4) is 0 Å². The average Bonchev–Trinajstić information content (AvgIpc) is 2.65. The van der Waals surface area contributed by atoms with Gasteiger partial charge in [-0.25, -0.2) is 17.7 Å². The highest BCUT2D eigenvalue weighted by atomic mass is 79.9. The van der Waals surface area contributed by atoms with Gasteiger partial charge in [-0.2, -0.15) is 0 Å². The molecular weight excluding hydrogens is 460 g/mol. The second-order valence-corrected chi connectivity index (χ2v) is 9.69. The second-order valence-electron chi connectivity index (χ2n) is 6.65. The molecule has 1 N–H and O–H groups in total. The van der Waals surface area contributed by atoms with Crippen molar-refractivity contribution in [1.82, 2.24) is 13.9 Å². The van der Waals surface area contributed by atoms with Crippen molar-refractivity contribution in [2.75, 3.05) is 19.4 Å². The van der Waals surface area contributed by atoms with Crippen LogP contribution in [0.2, 0.25) is 0 Å². The van der Waals surface area contributed by atoms with Gasteiger partial charge in [0.15, 0.2) is 0 Å². The van der Waals surface area contributed by atoms with Gasteiger partial charge >= 0.3 is 0 Å². The average molecular weight is 479 g/mol. The molecule has 152 valence electrons. The molecule has 0 aliphatic carbocycles. The van der Waals surface area contributed by atoms with Gasteiger partial charge < -0.3 is 5.32 Å². The Hall–Kier alpha value is -2.56. The quantitative estimate of drug-likeness (QED) is 0.606. The van der Waals surface area contributed by atoms with Crippen LogP contribution in [0.1, 0.15) is 5.56 Å². The summed E-state index contributed by atoms with van der Waals surface area (Å²) in [7, 11) is -0.764. The van der Waals surface area contributed by atoms with Crippen molar-refractivity contribution in [1.29, 1.82) is 0 Å². The van der Waals surface area contributed by atoms with Gasteiger partial charge in [0.1, 0.15) is 6.54 Å². The highest BCUT2D eigenvalue weighted by Gasteiger charge is 2.20. The molecule has 0 saturated heterocycles. The SMILES string of the molecule is Cc1ccc(NC(=O)Cn2cnc3ccc(Br)cc3c2=O)cc1S(=O)(=O)N(C)C. The summed E-state index contributed by atoms with van der Waals surface area (Å²) in [5.41, 5.74) is 1.08. The van der Waals surface area contributed by atoms with Crippen LogP contribution in [-0.2, 0) is 21.4 Å². The molecular formula is C19H19BrN4O4S. The van der Waals surface area contributed by atoms with Crippen LogP contribution in [0.25, 0.3) is 10.9 Å². The first kappa shape index (κ1) is 21.2. The van der Waals surface area contributed by atoms with Gasteiger partial charge in [0.05, 0.1) is 22.1 Å². The highest BCUT2D eigenvalue weighted by Crippen LogP contribution is 2.22. The van der Waals surface area contributed by atoms with Crippen molar-refractivity contribution < 1.29 is 13.2 Å². The number of nitrogens with one attached hydrogen (secondary N) is 1. The number of rotatable bonds is 5. The number of benzene rings is 2. The number of anilines is 1. The molecule has 1 aromatic heterocycles. The number of sulfonamides is 1. The number of nitrogens with zero attached hydrogens (tertiary/aromatic N) is 3. The van der Waals surface area contributed by atoms with Crippen LogP contribution in [0.5, 0.6) is 0 Å². The van der Waals surface area contributed by atoms with Crippen LogP contribution >= 0.6 is 15.9 Å². The van der Waals surface area contributed by atoms with Crippen LogP contribution < -0.4 is 10.9 Å². The Balaban J connectivity index is 1.86. The summed E-state index contributed by atoms with van der Waals surface area (Å²) < 4.78 is 27.9. The van der Waals surface area contributed by atoms with Crippen molar-refractivity contribution >= 4 is 48.5 Å². The number of aromatic nitrogens is 2. The van der Waals surface area contributed by atoms with Crippen LogP contribution in [0.3, 0.4) is 0 Å². The van der Waals surface area contributed by atoms with E-state index in [-0.39, 0.29) is 17.0 Å². The van der Waals surface area contributed by atoms with E-state index in [0.717, 1.165) is 8.78 Å². The fraction of sp³-hybridized carbons (Fsp3) is 0.211. The predicted molar refractivity (Wildman–Crippen MR) is 114 cm³/mol. The fourth-order valence-corrected chi connectivity index (χ4v) is 4.26. The number of amides is 1. The van der Waals surface area contributed by atoms with E-state index in [1.54, 1.807) is 37.3 Å². The van der Waals surface area contributed by atoms with Crippen LogP contribution in [0.4, 0.5) is 5.69 Å². The standard InChI is InChI=1S/C19H19BrN4O4S/c1-12-4-6-14(9-17(12)29(27,28)23(2)3)22-18(25)10-24-11-21-16-7-5-13(20)8-15(16)19(24)26/h4-9,11H,10H2,1-3H3,(H,22,25). The van der Waals surface area contributed by atoms with Crippen LogP contribution in [0, 0.1) is 6.92 Å². The number of fused-ring (bicyclic) bond motifs is 1. The molecule has 3 rings (SSSR count). The molecule has 8 nitrogen and oxygen atoms in total.